The predicted molar refractivity (Wildman–Crippen MR) is 162 cm³/mol. The quantitative estimate of drug-likeness (QED) is 0.232. The van der Waals surface area contributed by atoms with E-state index >= 15 is 0 Å². The van der Waals surface area contributed by atoms with Crippen LogP contribution in [0.15, 0.2) is 132 Å². The lowest BCUT2D eigenvalue weighted by atomic mass is 10.0. The molecule has 0 bridgehead atoms. The number of benzene rings is 6. The largest absolute Gasteiger partial charge is 0.455 e. The minimum atomic E-state index is 0.666. The van der Waals surface area contributed by atoms with E-state index in [0.717, 1.165) is 55.4 Å². The third kappa shape index (κ3) is 3.41. The molecule has 0 aliphatic rings. The summed E-state index contributed by atoms with van der Waals surface area (Å²) in [5.74, 6) is 0.814. The van der Waals surface area contributed by atoms with Gasteiger partial charge in [0.25, 0.3) is 0 Å². The summed E-state index contributed by atoms with van der Waals surface area (Å²) in [5.41, 5.74) is 7.83. The van der Waals surface area contributed by atoms with Crippen molar-refractivity contribution >= 4 is 55.3 Å². The molecule has 0 saturated carbocycles. The van der Waals surface area contributed by atoms with Gasteiger partial charge in [-0.3, -0.25) is 4.57 Å². The molecule has 184 valence electrons. The third-order valence-corrected chi connectivity index (χ3v) is 7.80. The summed E-state index contributed by atoms with van der Waals surface area (Å²) in [5, 5.41) is 4.89. The first-order chi connectivity index (χ1) is 19.3. The molecule has 39 heavy (non-hydrogen) atoms. The van der Waals surface area contributed by atoms with Crippen molar-refractivity contribution in [1.82, 2.24) is 9.55 Å². The van der Waals surface area contributed by atoms with Crippen molar-refractivity contribution in [2.75, 3.05) is 0 Å². The smallest absolute Gasteiger partial charge is 0.149 e. The van der Waals surface area contributed by atoms with E-state index in [9.17, 15) is 0 Å². The summed E-state index contributed by atoms with van der Waals surface area (Å²) in [4.78, 5) is 5.20. The number of aromatic nitrogens is 2. The first-order valence-electron chi connectivity index (χ1n) is 12.9. The molecule has 0 amide bonds. The highest BCUT2D eigenvalue weighted by Crippen LogP contribution is 2.42. The molecule has 0 spiro atoms. The lowest BCUT2D eigenvalue weighted by molar-refractivity contribution is 0.669. The van der Waals surface area contributed by atoms with Crippen molar-refractivity contribution in [3.05, 3.63) is 132 Å². The number of hydrogen-bond donors (Lipinski definition) is 0. The van der Waals surface area contributed by atoms with Crippen LogP contribution in [0.25, 0.3) is 71.9 Å². The molecule has 0 unspecified atom stereocenters. The highest BCUT2D eigenvalue weighted by molar-refractivity contribution is 6.38. The van der Waals surface area contributed by atoms with Crippen LogP contribution in [0.4, 0.5) is 0 Å². The fourth-order valence-electron chi connectivity index (χ4n) is 5.67. The van der Waals surface area contributed by atoms with E-state index in [1.54, 1.807) is 0 Å². The zero-order chi connectivity index (χ0) is 25.9. The monoisotopic (exact) mass is 520 g/mol. The number of para-hydroxylation sites is 1. The van der Waals surface area contributed by atoms with Crippen LogP contribution < -0.4 is 0 Å². The topological polar surface area (TPSA) is 31.0 Å². The second-order valence-electron chi connectivity index (χ2n) is 9.74. The molecular weight excluding hydrogens is 500 g/mol. The maximum atomic E-state index is 6.74. The minimum absolute atomic E-state index is 0.666. The van der Waals surface area contributed by atoms with Crippen LogP contribution in [0, 0.1) is 0 Å². The van der Waals surface area contributed by atoms with Crippen LogP contribution in [-0.4, -0.2) is 9.55 Å². The van der Waals surface area contributed by atoms with Gasteiger partial charge in [-0.15, -0.1) is 0 Å². The van der Waals surface area contributed by atoms with Crippen molar-refractivity contribution in [1.29, 1.82) is 0 Å². The molecule has 8 aromatic rings. The Hall–Kier alpha value is -4.86. The Morgan fingerprint density at radius 3 is 2.18 bits per heavy atom. The Balaban J connectivity index is 1.45. The minimum Gasteiger partial charge on any atom is -0.455 e. The standard InChI is InChI=1S/C35H21ClN2O/c36-29-20-19-28(34-32(29)27-12-6-7-13-31(27)39-34)35-37-30-21-16-24-10-4-5-11-26(24)33(30)38(35)25-17-14-23(15-18-25)22-8-2-1-3-9-22/h1-21H. The van der Waals surface area contributed by atoms with Crippen LogP contribution in [0.5, 0.6) is 0 Å². The summed E-state index contributed by atoms with van der Waals surface area (Å²) >= 11 is 6.74. The van der Waals surface area contributed by atoms with Gasteiger partial charge in [-0.05, 0) is 52.9 Å². The van der Waals surface area contributed by atoms with Gasteiger partial charge in [0.05, 0.1) is 21.6 Å². The summed E-state index contributed by atoms with van der Waals surface area (Å²) in [6.07, 6.45) is 0. The zero-order valence-electron chi connectivity index (χ0n) is 20.8. The van der Waals surface area contributed by atoms with Crippen molar-refractivity contribution in [2.24, 2.45) is 0 Å². The molecule has 0 aliphatic carbocycles. The van der Waals surface area contributed by atoms with Crippen LogP contribution in [0.1, 0.15) is 0 Å². The molecule has 6 aromatic carbocycles. The third-order valence-electron chi connectivity index (χ3n) is 7.49. The van der Waals surface area contributed by atoms with Gasteiger partial charge in [0, 0.05) is 21.8 Å². The normalized spacial score (nSPS) is 11.7. The van der Waals surface area contributed by atoms with Crippen LogP contribution >= 0.6 is 11.6 Å². The molecule has 0 fully saturated rings. The molecule has 0 N–H and O–H groups in total. The van der Waals surface area contributed by atoms with Crippen LogP contribution in [0.2, 0.25) is 5.02 Å². The Morgan fingerprint density at radius 1 is 0.615 bits per heavy atom. The molecule has 0 radical (unpaired) electrons. The van der Waals surface area contributed by atoms with Gasteiger partial charge in [-0.2, -0.15) is 0 Å². The van der Waals surface area contributed by atoms with E-state index in [0.29, 0.717) is 5.02 Å². The van der Waals surface area contributed by atoms with Gasteiger partial charge >= 0.3 is 0 Å². The van der Waals surface area contributed by atoms with E-state index in [-0.39, 0.29) is 0 Å². The Bertz CT molecular complexity index is 2170. The number of hydrogen-bond acceptors (Lipinski definition) is 2. The fourth-order valence-corrected chi connectivity index (χ4v) is 5.92. The molecule has 8 rings (SSSR count). The van der Waals surface area contributed by atoms with Gasteiger partial charge in [-0.25, -0.2) is 4.98 Å². The lowest BCUT2D eigenvalue weighted by Gasteiger charge is -2.13. The number of rotatable bonds is 3. The summed E-state index contributed by atoms with van der Waals surface area (Å²) < 4.78 is 8.68. The van der Waals surface area contributed by atoms with E-state index in [1.807, 2.05) is 36.4 Å². The van der Waals surface area contributed by atoms with Crippen molar-refractivity contribution in [3.63, 3.8) is 0 Å². The zero-order valence-corrected chi connectivity index (χ0v) is 21.6. The number of fused-ring (bicyclic) bond motifs is 6. The Kier molecular flexibility index (Phi) is 4.88. The first-order valence-corrected chi connectivity index (χ1v) is 13.3. The highest BCUT2D eigenvalue weighted by Gasteiger charge is 2.22. The van der Waals surface area contributed by atoms with Gasteiger partial charge in [0.1, 0.15) is 17.0 Å². The van der Waals surface area contributed by atoms with Crippen molar-refractivity contribution in [3.8, 4) is 28.2 Å². The van der Waals surface area contributed by atoms with Gasteiger partial charge < -0.3 is 4.42 Å². The van der Waals surface area contributed by atoms with E-state index in [2.05, 4.69) is 95.6 Å². The SMILES string of the molecule is Clc1ccc(-c2nc3ccc4ccccc4c3n2-c2ccc(-c3ccccc3)cc2)c2oc3ccccc3c12. The molecule has 3 nitrogen and oxygen atoms in total. The van der Waals surface area contributed by atoms with Crippen LogP contribution in [-0.2, 0) is 0 Å². The molecular formula is C35H21ClN2O. The molecule has 0 aliphatic heterocycles. The van der Waals surface area contributed by atoms with Crippen molar-refractivity contribution < 1.29 is 4.42 Å². The van der Waals surface area contributed by atoms with Crippen molar-refractivity contribution in [2.45, 2.75) is 0 Å². The number of furan rings is 1. The Morgan fingerprint density at radius 2 is 1.33 bits per heavy atom. The molecule has 0 saturated heterocycles. The second-order valence-corrected chi connectivity index (χ2v) is 10.1. The fraction of sp³-hybridized carbons (Fsp3) is 0. The van der Waals surface area contributed by atoms with Gasteiger partial charge in [0.15, 0.2) is 0 Å². The summed E-state index contributed by atoms with van der Waals surface area (Å²) in [6, 6.07) is 43.8. The number of halogens is 1. The predicted octanol–water partition coefficient (Wildman–Crippen LogP) is 10.1. The van der Waals surface area contributed by atoms with Gasteiger partial charge in [0.2, 0.25) is 0 Å². The summed E-state index contributed by atoms with van der Waals surface area (Å²) in [6.45, 7) is 0. The molecule has 0 atom stereocenters. The number of imidazole rings is 1. The lowest BCUT2D eigenvalue weighted by Crippen LogP contribution is -1.98. The molecule has 4 heteroatoms. The van der Waals surface area contributed by atoms with Crippen LogP contribution in [0.3, 0.4) is 0 Å². The first kappa shape index (κ1) is 22.2. The van der Waals surface area contributed by atoms with E-state index < -0.39 is 0 Å². The molecule has 2 heterocycles. The summed E-state index contributed by atoms with van der Waals surface area (Å²) in [7, 11) is 0. The van der Waals surface area contributed by atoms with Gasteiger partial charge in [-0.1, -0.05) is 103 Å². The average Bonchev–Trinajstić information content (AvgIpc) is 3.58. The number of nitrogens with zero attached hydrogens (tertiary/aromatic N) is 2. The maximum Gasteiger partial charge on any atom is 0.149 e. The Labute approximate surface area is 229 Å². The average molecular weight is 521 g/mol. The van der Waals surface area contributed by atoms with E-state index in [4.69, 9.17) is 21.0 Å². The second kappa shape index (κ2) is 8.59. The van der Waals surface area contributed by atoms with E-state index in [1.165, 1.54) is 16.5 Å². The maximum absolute atomic E-state index is 6.74. The molecule has 2 aromatic heterocycles. The highest BCUT2D eigenvalue weighted by atomic mass is 35.5.